The maximum atomic E-state index is 12.8. The summed E-state index contributed by atoms with van der Waals surface area (Å²) in [5.74, 6) is 0.779. The third-order valence-electron chi connectivity index (χ3n) is 4.66. The number of ether oxygens (including phenoxy) is 4. The van der Waals surface area contributed by atoms with Gasteiger partial charge in [0.2, 0.25) is 10.0 Å². The minimum atomic E-state index is -4.09. The van der Waals surface area contributed by atoms with E-state index in [1.807, 2.05) is 30.3 Å². The zero-order chi connectivity index (χ0) is 23.1. The van der Waals surface area contributed by atoms with Crippen LogP contribution in [0, 0.1) is 0 Å². The molecule has 3 aromatic carbocycles. The highest BCUT2D eigenvalue weighted by atomic mass is 32.2. The van der Waals surface area contributed by atoms with Crippen molar-refractivity contribution in [3.63, 3.8) is 0 Å². The molecule has 0 aliphatic carbocycles. The lowest BCUT2D eigenvalue weighted by molar-refractivity contribution is 0.284. The zero-order valence-corrected chi connectivity index (χ0v) is 18.8. The highest BCUT2D eigenvalue weighted by Gasteiger charge is 2.25. The molecule has 0 amide bonds. The first kappa shape index (κ1) is 23.2. The highest BCUT2D eigenvalue weighted by Crippen LogP contribution is 2.37. The Kier molecular flexibility index (Phi) is 7.45. The number of rotatable bonds is 10. The van der Waals surface area contributed by atoms with E-state index in [1.165, 1.54) is 33.5 Å². The third kappa shape index (κ3) is 5.43. The van der Waals surface area contributed by atoms with Crippen LogP contribution in [-0.2, 0) is 23.2 Å². The van der Waals surface area contributed by atoms with E-state index in [0.29, 0.717) is 23.7 Å². The first-order valence-corrected chi connectivity index (χ1v) is 11.1. The predicted octanol–water partition coefficient (Wildman–Crippen LogP) is 3.48. The molecule has 3 rings (SSSR count). The number of phenolic OH excluding ortho intramolecular Hbond substituents is 1. The second-order valence-corrected chi connectivity index (χ2v) is 8.47. The molecule has 0 aliphatic rings. The molecule has 0 unspecified atom stereocenters. The lowest BCUT2D eigenvalue weighted by Crippen LogP contribution is -2.24. The van der Waals surface area contributed by atoms with Gasteiger partial charge in [-0.25, -0.2) is 13.1 Å². The summed E-state index contributed by atoms with van der Waals surface area (Å²) in [7, 11) is 0.143. The predicted molar refractivity (Wildman–Crippen MR) is 119 cm³/mol. The third-order valence-corrected chi connectivity index (χ3v) is 6.14. The van der Waals surface area contributed by atoms with E-state index in [9.17, 15) is 13.5 Å². The van der Waals surface area contributed by atoms with Crippen LogP contribution >= 0.6 is 0 Å². The number of sulfonamides is 1. The van der Waals surface area contributed by atoms with Gasteiger partial charge in [-0.1, -0.05) is 36.4 Å². The molecular weight excluding hydrogens is 434 g/mol. The lowest BCUT2D eigenvalue weighted by Gasteiger charge is -2.15. The van der Waals surface area contributed by atoms with Crippen molar-refractivity contribution in [2.24, 2.45) is 0 Å². The van der Waals surface area contributed by atoms with Crippen LogP contribution < -0.4 is 23.7 Å². The molecule has 170 valence electrons. The number of benzene rings is 3. The fourth-order valence-electron chi connectivity index (χ4n) is 3.03. The summed E-state index contributed by atoms with van der Waals surface area (Å²) in [6, 6.07) is 17.4. The molecule has 0 heterocycles. The molecule has 0 saturated heterocycles. The molecule has 2 N–H and O–H groups in total. The normalized spacial score (nSPS) is 11.1. The standard InChI is InChI=1S/C23H25NO7S/c1-28-18-12-19(25)23(22(13-18)30-3)32(26,27)24-14-17-9-10-20(21(11-17)29-2)31-15-16-7-5-4-6-8-16/h4-13,24-25H,14-15H2,1-3H3. The number of aromatic hydroxyl groups is 1. The highest BCUT2D eigenvalue weighted by molar-refractivity contribution is 7.89. The van der Waals surface area contributed by atoms with Gasteiger partial charge in [-0.15, -0.1) is 0 Å². The zero-order valence-electron chi connectivity index (χ0n) is 18.0. The van der Waals surface area contributed by atoms with E-state index in [2.05, 4.69) is 4.72 Å². The van der Waals surface area contributed by atoms with Gasteiger partial charge in [0.15, 0.2) is 16.4 Å². The molecule has 0 spiro atoms. The Balaban J connectivity index is 1.75. The van der Waals surface area contributed by atoms with E-state index in [4.69, 9.17) is 18.9 Å². The Hall–Kier alpha value is -3.43. The van der Waals surface area contributed by atoms with Crippen LogP contribution in [0.2, 0.25) is 0 Å². The summed E-state index contributed by atoms with van der Waals surface area (Å²) in [4.78, 5) is -0.365. The Morgan fingerprint density at radius 2 is 1.53 bits per heavy atom. The summed E-state index contributed by atoms with van der Waals surface area (Å²) in [5.41, 5.74) is 1.66. The monoisotopic (exact) mass is 459 g/mol. The Bertz CT molecular complexity index is 1160. The molecule has 3 aromatic rings. The van der Waals surface area contributed by atoms with Gasteiger partial charge >= 0.3 is 0 Å². The van der Waals surface area contributed by atoms with E-state index in [0.717, 1.165) is 5.56 Å². The average Bonchev–Trinajstić information content (AvgIpc) is 2.81. The van der Waals surface area contributed by atoms with Crippen molar-refractivity contribution in [2.45, 2.75) is 18.0 Å². The average molecular weight is 460 g/mol. The summed E-state index contributed by atoms with van der Waals surface area (Å²) < 4.78 is 49.5. The van der Waals surface area contributed by atoms with Crippen molar-refractivity contribution < 1.29 is 32.5 Å². The fraction of sp³-hybridized carbons (Fsp3) is 0.217. The number of hydrogen-bond donors (Lipinski definition) is 2. The van der Waals surface area contributed by atoms with Crippen molar-refractivity contribution in [1.29, 1.82) is 0 Å². The smallest absolute Gasteiger partial charge is 0.248 e. The minimum absolute atomic E-state index is 0.0309. The van der Waals surface area contributed by atoms with Gasteiger partial charge in [0.1, 0.15) is 23.9 Å². The molecular formula is C23H25NO7S. The lowest BCUT2D eigenvalue weighted by atomic mass is 10.2. The second-order valence-electron chi connectivity index (χ2n) is 6.76. The Morgan fingerprint density at radius 1 is 0.812 bits per heavy atom. The van der Waals surface area contributed by atoms with Crippen LogP contribution in [0.1, 0.15) is 11.1 Å². The molecule has 0 aliphatic heterocycles. The van der Waals surface area contributed by atoms with Crippen molar-refractivity contribution in [2.75, 3.05) is 21.3 Å². The van der Waals surface area contributed by atoms with Crippen LogP contribution in [0.3, 0.4) is 0 Å². The molecule has 32 heavy (non-hydrogen) atoms. The molecule has 0 fully saturated rings. The van der Waals surface area contributed by atoms with E-state index in [-0.39, 0.29) is 22.9 Å². The van der Waals surface area contributed by atoms with Crippen molar-refractivity contribution in [3.05, 3.63) is 71.8 Å². The SMILES string of the molecule is COc1cc(O)c(S(=O)(=O)NCc2ccc(OCc3ccccc3)c(OC)c2)c(OC)c1. The molecule has 8 nitrogen and oxygen atoms in total. The number of methoxy groups -OCH3 is 3. The minimum Gasteiger partial charge on any atom is -0.506 e. The topological polar surface area (TPSA) is 103 Å². The second kappa shape index (κ2) is 10.3. The van der Waals surface area contributed by atoms with Gasteiger partial charge in [0, 0.05) is 18.7 Å². The Morgan fingerprint density at radius 3 is 2.19 bits per heavy atom. The summed E-state index contributed by atoms with van der Waals surface area (Å²) in [5, 5.41) is 10.2. The maximum Gasteiger partial charge on any atom is 0.248 e. The van der Waals surface area contributed by atoms with Crippen molar-refractivity contribution in [3.8, 4) is 28.7 Å². The molecule has 0 aromatic heterocycles. The van der Waals surface area contributed by atoms with Gasteiger partial charge < -0.3 is 24.1 Å². The van der Waals surface area contributed by atoms with Gasteiger partial charge in [-0.05, 0) is 23.3 Å². The summed E-state index contributed by atoms with van der Waals surface area (Å²) in [6.45, 7) is 0.339. The van der Waals surface area contributed by atoms with Crippen LogP contribution in [0.15, 0.2) is 65.6 Å². The number of nitrogens with one attached hydrogen (secondary N) is 1. The van der Waals surface area contributed by atoms with Crippen molar-refractivity contribution >= 4 is 10.0 Å². The van der Waals surface area contributed by atoms with Crippen LogP contribution in [0.4, 0.5) is 0 Å². The maximum absolute atomic E-state index is 12.8. The Labute approximate surface area is 187 Å². The van der Waals surface area contributed by atoms with Gasteiger partial charge in [0.05, 0.1) is 21.3 Å². The van der Waals surface area contributed by atoms with E-state index < -0.39 is 15.8 Å². The first-order valence-electron chi connectivity index (χ1n) is 9.66. The van der Waals surface area contributed by atoms with E-state index in [1.54, 1.807) is 18.2 Å². The van der Waals surface area contributed by atoms with Crippen LogP contribution in [0.5, 0.6) is 28.7 Å². The first-order chi connectivity index (χ1) is 15.4. The van der Waals surface area contributed by atoms with Crippen LogP contribution in [-0.4, -0.2) is 34.9 Å². The molecule has 9 heteroatoms. The number of hydrogen-bond acceptors (Lipinski definition) is 7. The quantitative estimate of drug-likeness (QED) is 0.478. The largest absolute Gasteiger partial charge is 0.506 e. The summed E-state index contributed by atoms with van der Waals surface area (Å²) in [6.07, 6.45) is 0. The molecule has 0 radical (unpaired) electrons. The molecule has 0 saturated carbocycles. The fourth-order valence-corrected chi connectivity index (χ4v) is 4.27. The molecule has 0 atom stereocenters. The number of phenols is 1. The van der Waals surface area contributed by atoms with E-state index >= 15 is 0 Å². The van der Waals surface area contributed by atoms with Gasteiger partial charge in [0.25, 0.3) is 0 Å². The molecule has 0 bridgehead atoms. The van der Waals surface area contributed by atoms with Crippen molar-refractivity contribution in [1.82, 2.24) is 4.72 Å². The summed E-state index contributed by atoms with van der Waals surface area (Å²) >= 11 is 0. The van der Waals surface area contributed by atoms with Crippen LogP contribution in [0.25, 0.3) is 0 Å². The van der Waals surface area contributed by atoms with Gasteiger partial charge in [-0.3, -0.25) is 0 Å². The van der Waals surface area contributed by atoms with Gasteiger partial charge in [-0.2, -0.15) is 0 Å².